The first-order valence-corrected chi connectivity index (χ1v) is 7.40. The molecule has 0 saturated carbocycles. The number of hydrogen-bond donors (Lipinski definition) is 0. The summed E-state index contributed by atoms with van der Waals surface area (Å²) < 4.78 is 5.88. The summed E-state index contributed by atoms with van der Waals surface area (Å²) in [6.07, 6.45) is 0. The van der Waals surface area contributed by atoms with Gasteiger partial charge in [0, 0.05) is 10.8 Å². The van der Waals surface area contributed by atoms with Crippen molar-refractivity contribution in [3.63, 3.8) is 0 Å². The van der Waals surface area contributed by atoms with Crippen LogP contribution in [-0.4, -0.2) is 0 Å². The van der Waals surface area contributed by atoms with Crippen molar-refractivity contribution in [2.45, 2.75) is 6.92 Å². The number of hydrogen-bond acceptors (Lipinski definition) is 1. The minimum Gasteiger partial charge on any atom is -0.456 e. The molecule has 0 amide bonds. The van der Waals surface area contributed by atoms with Crippen LogP contribution in [0.25, 0.3) is 38.6 Å². The van der Waals surface area contributed by atoms with E-state index in [2.05, 4.69) is 55.1 Å². The molecule has 4 rings (SSSR count). The van der Waals surface area contributed by atoms with Crippen molar-refractivity contribution in [2.24, 2.45) is 0 Å². The second-order valence-corrected chi connectivity index (χ2v) is 5.67. The first-order valence-electron chi connectivity index (χ1n) is 7.40. The highest BCUT2D eigenvalue weighted by molar-refractivity contribution is 6.06. The van der Waals surface area contributed by atoms with Gasteiger partial charge in [-0.1, -0.05) is 60.7 Å². The van der Waals surface area contributed by atoms with Crippen molar-refractivity contribution in [2.75, 3.05) is 0 Å². The van der Waals surface area contributed by atoms with Gasteiger partial charge in [0.25, 0.3) is 0 Å². The summed E-state index contributed by atoms with van der Waals surface area (Å²) in [6, 6.07) is 23.1. The minimum atomic E-state index is 0.934. The predicted octanol–water partition coefficient (Wildman–Crippen LogP) is 6.29. The van der Waals surface area contributed by atoms with Gasteiger partial charge in [0.15, 0.2) is 0 Å². The molecule has 1 heterocycles. The first kappa shape index (κ1) is 12.9. The molecular weight excluding hydrogens is 268 g/mol. The lowest BCUT2D eigenvalue weighted by Gasteiger charge is -2.04. The van der Waals surface area contributed by atoms with Crippen LogP contribution in [0.15, 0.2) is 77.7 Å². The molecule has 1 nitrogen and oxygen atoms in total. The molecule has 0 bridgehead atoms. The van der Waals surface area contributed by atoms with Gasteiger partial charge < -0.3 is 4.42 Å². The molecule has 0 N–H and O–H groups in total. The van der Waals surface area contributed by atoms with Gasteiger partial charge in [-0.15, -0.1) is 0 Å². The number of furan rings is 1. The van der Waals surface area contributed by atoms with Crippen LogP contribution in [0.5, 0.6) is 0 Å². The number of rotatable bonds is 2. The molecule has 0 atom stereocenters. The third-order valence-corrected chi connectivity index (χ3v) is 4.09. The Morgan fingerprint density at radius 2 is 1.45 bits per heavy atom. The Labute approximate surface area is 129 Å². The molecule has 1 aromatic heterocycles. The van der Waals surface area contributed by atoms with Crippen molar-refractivity contribution in [3.05, 3.63) is 78.9 Å². The van der Waals surface area contributed by atoms with Gasteiger partial charge in [-0.05, 0) is 41.8 Å². The third kappa shape index (κ3) is 2.03. The standard InChI is InChI=1S/C21H16O/c1-14(2)15-7-9-16(10-8-15)17-11-12-21-19(13-17)18-5-3-4-6-20(18)22-21/h3-13H,1H2,2H3. The maximum Gasteiger partial charge on any atom is 0.135 e. The van der Waals surface area contributed by atoms with Crippen molar-refractivity contribution < 1.29 is 4.42 Å². The zero-order valence-electron chi connectivity index (χ0n) is 12.5. The fraction of sp³-hybridized carbons (Fsp3) is 0.0476. The van der Waals surface area contributed by atoms with Crippen molar-refractivity contribution in [1.29, 1.82) is 0 Å². The summed E-state index contributed by atoms with van der Waals surface area (Å²) in [5.41, 5.74) is 6.54. The average Bonchev–Trinajstić information content (AvgIpc) is 2.92. The smallest absolute Gasteiger partial charge is 0.135 e. The first-order chi connectivity index (χ1) is 10.7. The molecule has 0 saturated heterocycles. The second kappa shape index (κ2) is 4.88. The summed E-state index contributed by atoms with van der Waals surface area (Å²) in [4.78, 5) is 0. The van der Waals surface area contributed by atoms with E-state index < -0.39 is 0 Å². The van der Waals surface area contributed by atoms with E-state index in [1.54, 1.807) is 0 Å². The van der Waals surface area contributed by atoms with Gasteiger partial charge >= 0.3 is 0 Å². The van der Waals surface area contributed by atoms with Crippen LogP contribution in [-0.2, 0) is 0 Å². The highest BCUT2D eigenvalue weighted by atomic mass is 16.3. The van der Waals surface area contributed by atoms with Crippen LogP contribution in [0.4, 0.5) is 0 Å². The number of para-hydroxylation sites is 1. The molecule has 3 aromatic carbocycles. The summed E-state index contributed by atoms with van der Waals surface area (Å²) >= 11 is 0. The molecule has 0 fully saturated rings. The molecule has 0 radical (unpaired) electrons. The molecule has 0 spiro atoms. The molecule has 0 aliphatic rings. The van der Waals surface area contributed by atoms with E-state index in [0.29, 0.717) is 0 Å². The Balaban J connectivity index is 1.88. The van der Waals surface area contributed by atoms with E-state index in [1.165, 1.54) is 16.7 Å². The molecule has 106 valence electrons. The molecule has 0 aliphatic carbocycles. The fourth-order valence-electron chi connectivity index (χ4n) is 2.85. The quantitative estimate of drug-likeness (QED) is 0.422. The predicted molar refractivity (Wildman–Crippen MR) is 93.9 cm³/mol. The van der Waals surface area contributed by atoms with E-state index in [-0.39, 0.29) is 0 Å². The molecule has 0 unspecified atom stereocenters. The Morgan fingerprint density at radius 1 is 0.773 bits per heavy atom. The Hall–Kier alpha value is -2.80. The molecule has 1 heteroatoms. The van der Waals surface area contributed by atoms with E-state index in [4.69, 9.17) is 4.42 Å². The lowest BCUT2D eigenvalue weighted by molar-refractivity contribution is 0.669. The van der Waals surface area contributed by atoms with Crippen LogP contribution in [0.2, 0.25) is 0 Å². The third-order valence-electron chi connectivity index (χ3n) is 4.09. The number of allylic oxidation sites excluding steroid dienone is 1. The Bertz CT molecular complexity index is 987. The second-order valence-electron chi connectivity index (χ2n) is 5.67. The van der Waals surface area contributed by atoms with Crippen LogP contribution in [0.3, 0.4) is 0 Å². The number of fused-ring (bicyclic) bond motifs is 3. The van der Waals surface area contributed by atoms with E-state index >= 15 is 0 Å². The van der Waals surface area contributed by atoms with Gasteiger partial charge in [0.1, 0.15) is 11.2 Å². The molecular formula is C21H16O. The zero-order chi connectivity index (χ0) is 15.1. The van der Waals surface area contributed by atoms with Crippen LogP contribution in [0.1, 0.15) is 12.5 Å². The summed E-state index contributed by atoms with van der Waals surface area (Å²) in [5.74, 6) is 0. The van der Waals surface area contributed by atoms with E-state index in [0.717, 1.165) is 27.5 Å². The summed E-state index contributed by atoms with van der Waals surface area (Å²) in [6.45, 7) is 6.01. The van der Waals surface area contributed by atoms with Crippen molar-refractivity contribution in [1.82, 2.24) is 0 Å². The topological polar surface area (TPSA) is 13.1 Å². The molecule has 22 heavy (non-hydrogen) atoms. The maximum absolute atomic E-state index is 5.88. The van der Waals surface area contributed by atoms with Crippen LogP contribution < -0.4 is 0 Å². The Morgan fingerprint density at radius 3 is 2.23 bits per heavy atom. The Kier molecular flexibility index (Phi) is 2.87. The minimum absolute atomic E-state index is 0.934. The lowest BCUT2D eigenvalue weighted by Crippen LogP contribution is -1.81. The van der Waals surface area contributed by atoms with Gasteiger partial charge in [0.2, 0.25) is 0 Å². The normalized spacial score (nSPS) is 11.1. The summed E-state index contributed by atoms with van der Waals surface area (Å²) in [5, 5.41) is 2.33. The van der Waals surface area contributed by atoms with Gasteiger partial charge in [-0.3, -0.25) is 0 Å². The monoisotopic (exact) mass is 284 g/mol. The highest BCUT2D eigenvalue weighted by Crippen LogP contribution is 2.32. The van der Waals surface area contributed by atoms with E-state index in [9.17, 15) is 0 Å². The average molecular weight is 284 g/mol. The zero-order valence-corrected chi connectivity index (χ0v) is 12.5. The highest BCUT2D eigenvalue weighted by Gasteiger charge is 2.07. The van der Waals surface area contributed by atoms with Gasteiger partial charge in [0.05, 0.1) is 0 Å². The van der Waals surface area contributed by atoms with Gasteiger partial charge in [-0.25, -0.2) is 0 Å². The van der Waals surface area contributed by atoms with Gasteiger partial charge in [-0.2, -0.15) is 0 Å². The molecule has 4 aromatic rings. The molecule has 0 aliphatic heterocycles. The maximum atomic E-state index is 5.88. The fourth-order valence-corrected chi connectivity index (χ4v) is 2.85. The number of benzene rings is 3. The lowest BCUT2D eigenvalue weighted by atomic mass is 10.00. The van der Waals surface area contributed by atoms with Crippen molar-refractivity contribution in [3.8, 4) is 11.1 Å². The SMILES string of the molecule is C=C(C)c1ccc(-c2ccc3oc4ccccc4c3c2)cc1. The van der Waals surface area contributed by atoms with Crippen LogP contribution in [0, 0.1) is 0 Å². The van der Waals surface area contributed by atoms with Crippen molar-refractivity contribution >= 4 is 27.5 Å². The van der Waals surface area contributed by atoms with E-state index in [1.807, 2.05) is 25.1 Å². The van der Waals surface area contributed by atoms with Crippen LogP contribution >= 0.6 is 0 Å². The largest absolute Gasteiger partial charge is 0.456 e. The summed E-state index contributed by atoms with van der Waals surface area (Å²) in [7, 11) is 0.